The fourth-order valence-electron chi connectivity index (χ4n) is 1.35. The summed E-state index contributed by atoms with van der Waals surface area (Å²) < 4.78 is 0. The van der Waals surface area contributed by atoms with Crippen LogP contribution in [0, 0.1) is 0 Å². The van der Waals surface area contributed by atoms with Crippen LogP contribution in [0.25, 0.3) is 0 Å². The van der Waals surface area contributed by atoms with Gasteiger partial charge in [0.2, 0.25) is 0 Å². The summed E-state index contributed by atoms with van der Waals surface area (Å²) in [5.74, 6) is -0.134. The molecule has 0 amide bonds. The highest BCUT2D eigenvalue weighted by atomic mass is 16.7. The summed E-state index contributed by atoms with van der Waals surface area (Å²) in [6.45, 7) is 8.69. The molecule has 0 saturated carbocycles. The number of rotatable bonds is 3. The number of piperazine rings is 1. The summed E-state index contributed by atoms with van der Waals surface area (Å²) >= 11 is 0. The summed E-state index contributed by atoms with van der Waals surface area (Å²) in [4.78, 5) is 18.4. The molecule has 4 heteroatoms. The zero-order valence-corrected chi connectivity index (χ0v) is 8.45. The van der Waals surface area contributed by atoms with E-state index in [1.807, 2.05) is 6.92 Å². The molecule has 0 spiro atoms. The van der Waals surface area contributed by atoms with Crippen molar-refractivity contribution in [1.29, 1.82) is 0 Å². The molecule has 0 aromatic rings. The van der Waals surface area contributed by atoms with E-state index in [1.54, 1.807) is 5.06 Å². The van der Waals surface area contributed by atoms with Crippen molar-refractivity contribution in [2.24, 2.45) is 0 Å². The van der Waals surface area contributed by atoms with Crippen LogP contribution in [0.3, 0.4) is 0 Å². The predicted molar refractivity (Wildman–Crippen MR) is 50.1 cm³/mol. The average Bonchev–Trinajstić information content (AvgIpc) is 2.19. The van der Waals surface area contributed by atoms with E-state index in [-0.39, 0.29) is 5.97 Å². The predicted octanol–water partition coefficient (Wildman–Crippen LogP) is 0.492. The lowest BCUT2D eigenvalue weighted by molar-refractivity contribution is -0.197. The van der Waals surface area contributed by atoms with E-state index in [1.165, 1.54) is 0 Å². The minimum Gasteiger partial charge on any atom is -0.368 e. The largest absolute Gasteiger partial charge is 0.368 e. The summed E-state index contributed by atoms with van der Waals surface area (Å²) in [5.41, 5.74) is 0. The molecule has 1 fully saturated rings. The topological polar surface area (TPSA) is 32.8 Å². The lowest BCUT2D eigenvalue weighted by atomic mass is 10.3. The van der Waals surface area contributed by atoms with Gasteiger partial charge in [-0.05, 0) is 6.54 Å². The van der Waals surface area contributed by atoms with E-state index in [9.17, 15) is 4.79 Å². The summed E-state index contributed by atoms with van der Waals surface area (Å²) in [7, 11) is 0. The number of likely N-dealkylation sites (N-methyl/N-ethyl adjacent to an activating group) is 1. The maximum Gasteiger partial charge on any atom is 0.324 e. The summed E-state index contributed by atoms with van der Waals surface area (Å²) in [5, 5.41) is 1.76. The van der Waals surface area contributed by atoms with Gasteiger partial charge < -0.3 is 9.74 Å². The van der Waals surface area contributed by atoms with E-state index < -0.39 is 0 Å². The van der Waals surface area contributed by atoms with Gasteiger partial charge in [-0.3, -0.25) is 4.79 Å². The van der Waals surface area contributed by atoms with Gasteiger partial charge in [-0.2, -0.15) is 0 Å². The first-order chi connectivity index (χ1) is 6.26. The van der Waals surface area contributed by atoms with Gasteiger partial charge in [0.1, 0.15) is 0 Å². The third-order valence-electron chi connectivity index (χ3n) is 2.30. The monoisotopic (exact) mass is 186 g/mol. The van der Waals surface area contributed by atoms with Gasteiger partial charge in [0.05, 0.1) is 0 Å². The highest BCUT2D eigenvalue weighted by molar-refractivity contribution is 5.68. The fraction of sp³-hybridized carbons (Fsp3) is 0.889. The van der Waals surface area contributed by atoms with Crippen molar-refractivity contribution in [1.82, 2.24) is 9.96 Å². The van der Waals surface area contributed by atoms with Crippen LogP contribution in [0.2, 0.25) is 0 Å². The molecule has 0 unspecified atom stereocenters. The molecule has 0 atom stereocenters. The Hall–Kier alpha value is -0.610. The zero-order chi connectivity index (χ0) is 9.68. The second-order valence-corrected chi connectivity index (χ2v) is 3.18. The normalized spacial score (nSPS) is 20.2. The van der Waals surface area contributed by atoms with Crippen molar-refractivity contribution >= 4 is 5.97 Å². The summed E-state index contributed by atoms with van der Waals surface area (Å²) in [6.07, 6.45) is 0.452. The summed E-state index contributed by atoms with van der Waals surface area (Å²) in [6, 6.07) is 0. The van der Waals surface area contributed by atoms with Crippen molar-refractivity contribution in [3.05, 3.63) is 0 Å². The van der Waals surface area contributed by atoms with Gasteiger partial charge in [-0.25, -0.2) is 0 Å². The molecular formula is C9H18N2O2. The number of hydrogen-bond donors (Lipinski definition) is 0. The van der Waals surface area contributed by atoms with E-state index in [0.717, 1.165) is 32.7 Å². The third kappa shape index (κ3) is 3.32. The number of hydrogen-bond acceptors (Lipinski definition) is 4. The van der Waals surface area contributed by atoms with E-state index in [0.29, 0.717) is 6.42 Å². The van der Waals surface area contributed by atoms with E-state index in [4.69, 9.17) is 4.84 Å². The molecule has 0 radical (unpaired) electrons. The van der Waals surface area contributed by atoms with Crippen LogP contribution in [-0.4, -0.2) is 48.7 Å². The minimum absolute atomic E-state index is 0.134. The van der Waals surface area contributed by atoms with Crippen molar-refractivity contribution < 1.29 is 9.63 Å². The van der Waals surface area contributed by atoms with Crippen LogP contribution in [0.15, 0.2) is 0 Å². The molecule has 4 nitrogen and oxygen atoms in total. The molecule has 1 saturated heterocycles. The maximum atomic E-state index is 11.0. The molecule has 0 N–H and O–H groups in total. The molecule has 13 heavy (non-hydrogen) atoms. The van der Waals surface area contributed by atoms with Crippen LogP contribution in [0.4, 0.5) is 0 Å². The number of carbonyl (C=O) groups excluding carboxylic acids is 1. The van der Waals surface area contributed by atoms with Crippen molar-refractivity contribution in [2.45, 2.75) is 20.3 Å². The van der Waals surface area contributed by atoms with E-state index >= 15 is 0 Å². The number of hydroxylamine groups is 2. The molecule has 0 aromatic carbocycles. The second-order valence-electron chi connectivity index (χ2n) is 3.18. The Kier molecular flexibility index (Phi) is 4.18. The molecule has 76 valence electrons. The van der Waals surface area contributed by atoms with Gasteiger partial charge in [0.15, 0.2) is 0 Å². The first-order valence-corrected chi connectivity index (χ1v) is 4.94. The maximum absolute atomic E-state index is 11.0. The molecular weight excluding hydrogens is 168 g/mol. The van der Waals surface area contributed by atoms with Gasteiger partial charge >= 0.3 is 5.97 Å². The van der Waals surface area contributed by atoms with Gasteiger partial charge in [0, 0.05) is 32.6 Å². The Morgan fingerprint density at radius 2 is 1.85 bits per heavy atom. The zero-order valence-electron chi connectivity index (χ0n) is 8.45. The van der Waals surface area contributed by atoms with Crippen LogP contribution in [0.5, 0.6) is 0 Å². The molecule has 0 aromatic heterocycles. The molecule has 1 rings (SSSR count). The van der Waals surface area contributed by atoms with Crippen LogP contribution in [-0.2, 0) is 9.63 Å². The fourth-order valence-corrected chi connectivity index (χ4v) is 1.35. The lowest BCUT2D eigenvalue weighted by Gasteiger charge is -2.32. The van der Waals surface area contributed by atoms with E-state index in [2.05, 4.69) is 11.8 Å². The first-order valence-electron chi connectivity index (χ1n) is 4.94. The van der Waals surface area contributed by atoms with Crippen LogP contribution >= 0.6 is 0 Å². The molecule has 0 aliphatic carbocycles. The Bertz CT molecular complexity index is 165. The average molecular weight is 186 g/mol. The Morgan fingerprint density at radius 3 is 2.31 bits per heavy atom. The van der Waals surface area contributed by atoms with Crippen molar-refractivity contribution in [3.63, 3.8) is 0 Å². The van der Waals surface area contributed by atoms with Crippen molar-refractivity contribution in [2.75, 3.05) is 32.7 Å². The second kappa shape index (κ2) is 5.19. The molecule has 1 heterocycles. The lowest BCUT2D eigenvalue weighted by Crippen LogP contribution is -2.46. The first kappa shape index (κ1) is 10.5. The Balaban J connectivity index is 2.21. The number of carbonyl (C=O) groups is 1. The van der Waals surface area contributed by atoms with Gasteiger partial charge in [-0.1, -0.05) is 13.8 Å². The van der Waals surface area contributed by atoms with Gasteiger partial charge in [-0.15, -0.1) is 5.06 Å². The quantitative estimate of drug-likeness (QED) is 0.642. The van der Waals surface area contributed by atoms with Crippen LogP contribution in [0.1, 0.15) is 20.3 Å². The minimum atomic E-state index is -0.134. The SMILES string of the molecule is CCC(=O)ON1CCN(CC)CC1. The smallest absolute Gasteiger partial charge is 0.324 e. The molecule has 0 bridgehead atoms. The highest BCUT2D eigenvalue weighted by Crippen LogP contribution is 2.02. The van der Waals surface area contributed by atoms with Crippen molar-refractivity contribution in [3.8, 4) is 0 Å². The Labute approximate surface area is 79.4 Å². The van der Waals surface area contributed by atoms with Crippen LogP contribution < -0.4 is 0 Å². The third-order valence-corrected chi connectivity index (χ3v) is 2.30. The standard InChI is InChI=1S/C9H18N2O2/c1-3-9(12)13-11-7-5-10(4-2)6-8-11/h3-8H2,1-2H3. The Morgan fingerprint density at radius 1 is 1.23 bits per heavy atom. The molecule has 1 aliphatic rings. The number of nitrogens with zero attached hydrogens (tertiary/aromatic N) is 2. The molecule has 1 aliphatic heterocycles. The van der Waals surface area contributed by atoms with Gasteiger partial charge in [0.25, 0.3) is 0 Å². The highest BCUT2D eigenvalue weighted by Gasteiger charge is 2.17.